The number of carbonyl (C=O) groups excluding carboxylic acids is 2. The van der Waals surface area contributed by atoms with E-state index in [4.69, 9.17) is 4.74 Å². The number of hydrogen-bond acceptors (Lipinski definition) is 5. The third-order valence-corrected chi connectivity index (χ3v) is 10.9. The summed E-state index contributed by atoms with van der Waals surface area (Å²) in [7, 11) is 0. The molecular weight excluding hydrogens is 707 g/mol. The van der Waals surface area contributed by atoms with Crippen molar-refractivity contribution in [1.29, 1.82) is 0 Å². The Morgan fingerprint density at radius 2 is 0.982 bits per heavy atom. The van der Waals surface area contributed by atoms with Gasteiger partial charge in [0.25, 0.3) is 0 Å². The first-order valence-corrected chi connectivity index (χ1v) is 24.4. The van der Waals surface area contributed by atoms with Gasteiger partial charge in [-0.1, -0.05) is 198 Å². The average Bonchev–Trinajstić information content (AvgIpc) is 3.20. The van der Waals surface area contributed by atoms with E-state index < -0.39 is 18.2 Å². The molecule has 0 aromatic rings. The molecule has 0 heterocycles. The van der Waals surface area contributed by atoms with Crippen molar-refractivity contribution in [2.75, 3.05) is 6.61 Å². The summed E-state index contributed by atoms with van der Waals surface area (Å²) in [5.74, 6) is -0.518. The molecular formula is C51H93NO5. The van der Waals surface area contributed by atoms with Gasteiger partial charge < -0.3 is 20.3 Å². The highest BCUT2D eigenvalue weighted by molar-refractivity contribution is 5.77. The summed E-state index contributed by atoms with van der Waals surface area (Å²) in [5, 5.41) is 23.7. The number of hydrogen-bond donors (Lipinski definition) is 3. The van der Waals surface area contributed by atoms with Crippen molar-refractivity contribution in [2.24, 2.45) is 0 Å². The number of rotatable bonds is 43. The summed E-state index contributed by atoms with van der Waals surface area (Å²) in [5.41, 5.74) is 0. The lowest BCUT2D eigenvalue weighted by Gasteiger charge is -2.24. The molecule has 0 aromatic carbocycles. The first kappa shape index (κ1) is 54.8. The van der Waals surface area contributed by atoms with Crippen LogP contribution in [-0.4, -0.2) is 46.9 Å². The van der Waals surface area contributed by atoms with Crippen LogP contribution in [-0.2, 0) is 14.3 Å². The van der Waals surface area contributed by atoms with Gasteiger partial charge in [0.2, 0.25) is 5.91 Å². The lowest BCUT2D eigenvalue weighted by atomic mass is 10.0. The Morgan fingerprint density at radius 3 is 1.54 bits per heavy atom. The van der Waals surface area contributed by atoms with Crippen molar-refractivity contribution in [3.63, 3.8) is 0 Å². The largest absolute Gasteiger partial charge is 0.462 e. The maximum absolute atomic E-state index is 13.1. The second kappa shape index (κ2) is 44.9. The molecule has 0 saturated heterocycles. The van der Waals surface area contributed by atoms with E-state index >= 15 is 0 Å². The van der Waals surface area contributed by atoms with Crippen LogP contribution < -0.4 is 5.32 Å². The number of carbonyl (C=O) groups is 2. The first-order chi connectivity index (χ1) is 28.0. The minimum atomic E-state index is -0.794. The third kappa shape index (κ3) is 40.4. The Kier molecular flexibility index (Phi) is 43.2. The van der Waals surface area contributed by atoms with Crippen LogP contribution in [0.4, 0.5) is 0 Å². The maximum atomic E-state index is 13.1. The molecule has 0 aromatic heterocycles. The normalized spacial score (nSPS) is 13.7. The summed E-state index contributed by atoms with van der Waals surface area (Å²) in [6, 6.07) is -0.709. The molecule has 332 valence electrons. The number of ether oxygens (including phenoxy) is 1. The van der Waals surface area contributed by atoms with Crippen molar-refractivity contribution in [1.82, 2.24) is 5.32 Å². The van der Waals surface area contributed by atoms with Crippen LogP contribution >= 0.6 is 0 Å². The molecule has 3 unspecified atom stereocenters. The van der Waals surface area contributed by atoms with Crippen LogP contribution in [0.5, 0.6) is 0 Å². The lowest BCUT2D eigenvalue weighted by molar-refractivity contribution is -0.151. The van der Waals surface area contributed by atoms with Crippen molar-refractivity contribution in [2.45, 2.75) is 257 Å². The van der Waals surface area contributed by atoms with E-state index in [1.165, 1.54) is 83.5 Å². The van der Waals surface area contributed by atoms with Crippen molar-refractivity contribution < 1.29 is 24.5 Å². The molecule has 0 aliphatic rings. The number of nitrogens with one attached hydrogen (secondary N) is 1. The van der Waals surface area contributed by atoms with E-state index in [1.54, 1.807) is 0 Å². The lowest BCUT2D eigenvalue weighted by Crippen LogP contribution is -2.46. The zero-order valence-corrected chi connectivity index (χ0v) is 37.7. The van der Waals surface area contributed by atoms with E-state index in [9.17, 15) is 19.8 Å². The number of unbranched alkanes of at least 4 members (excludes halogenated alkanes) is 23. The Balaban J connectivity index is 4.45. The van der Waals surface area contributed by atoms with Gasteiger partial charge in [-0.3, -0.25) is 9.59 Å². The van der Waals surface area contributed by atoms with Gasteiger partial charge in [-0.05, 0) is 77.0 Å². The monoisotopic (exact) mass is 800 g/mol. The van der Waals surface area contributed by atoms with E-state index in [1.807, 2.05) is 0 Å². The highest BCUT2D eigenvalue weighted by Crippen LogP contribution is 2.17. The molecule has 0 radical (unpaired) electrons. The van der Waals surface area contributed by atoms with Crippen LogP contribution in [0, 0.1) is 0 Å². The summed E-state index contributed by atoms with van der Waals surface area (Å²) >= 11 is 0. The Morgan fingerprint density at radius 1 is 0.526 bits per heavy atom. The Hall–Kier alpha value is -2.18. The molecule has 0 bridgehead atoms. The molecule has 0 aliphatic heterocycles. The zero-order valence-electron chi connectivity index (χ0n) is 37.7. The fraction of sp³-hybridized carbons (Fsp3) is 0.804. The average molecular weight is 800 g/mol. The Bertz CT molecular complexity index is 988. The van der Waals surface area contributed by atoms with Crippen molar-refractivity contribution >= 4 is 11.9 Å². The van der Waals surface area contributed by atoms with E-state index in [2.05, 4.69) is 74.7 Å². The maximum Gasteiger partial charge on any atom is 0.306 e. The van der Waals surface area contributed by atoms with E-state index in [-0.39, 0.29) is 24.9 Å². The van der Waals surface area contributed by atoms with Crippen LogP contribution in [0.25, 0.3) is 0 Å². The zero-order chi connectivity index (χ0) is 41.7. The smallest absolute Gasteiger partial charge is 0.306 e. The quantitative estimate of drug-likeness (QED) is 0.0324. The van der Waals surface area contributed by atoms with Crippen LogP contribution in [0.3, 0.4) is 0 Å². The van der Waals surface area contributed by atoms with Gasteiger partial charge in [-0.15, -0.1) is 0 Å². The van der Waals surface area contributed by atoms with Crippen molar-refractivity contribution in [3.8, 4) is 0 Å². The van der Waals surface area contributed by atoms with E-state index in [0.29, 0.717) is 19.3 Å². The number of esters is 1. The second-order valence-electron chi connectivity index (χ2n) is 16.5. The predicted octanol–water partition coefficient (Wildman–Crippen LogP) is 14.3. The fourth-order valence-electron chi connectivity index (χ4n) is 7.21. The van der Waals surface area contributed by atoms with Crippen LogP contribution in [0.1, 0.15) is 239 Å². The minimum Gasteiger partial charge on any atom is -0.462 e. The minimum absolute atomic E-state index is 0.0569. The van der Waals surface area contributed by atoms with Crippen LogP contribution in [0.15, 0.2) is 48.6 Å². The molecule has 3 atom stereocenters. The predicted molar refractivity (Wildman–Crippen MR) is 245 cm³/mol. The molecule has 3 N–H and O–H groups in total. The standard InChI is InChI=1S/C51H93NO5/c1-4-7-10-13-16-19-21-23-25-26-27-29-31-34-37-40-43-49(54)48(46-53)52-50(55)45-47(42-39-36-33-18-15-12-9-6-3)57-51(56)44-41-38-35-32-30-28-24-22-20-17-14-11-8-5-2/h8,11-12,15,17,20,24,28,47-49,53-54H,4-7,9-10,13-14,16,18-19,21-23,25-27,29-46H2,1-3H3,(H,52,55)/b11-8+,15-12-,20-17+,28-24+. The molecule has 0 spiro atoms. The first-order valence-electron chi connectivity index (χ1n) is 24.4. The molecule has 0 fully saturated rings. The van der Waals surface area contributed by atoms with Crippen LogP contribution in [0.2, 0.25) is 0 Å². The van der Waals surface area contributed by atoms with Gasteiger partial charge in [-0.25, -0.2) is 0 Å². The SMILES string of the molecule is CC/C=C/C/C=C/C/C=C/CCCCCCC(=O)OC(CCCCC/C=C\CCC)CC(=O)NC(CO)C(O)CCCCCCCCCCCCCCCCCC. The molecule has 6 nitrogen and oxygen atoms in total. The molecule has 6 heteroatoms. The topological polar surface area (TPSA) is 95.9 Å². The molecule has 0 saturated carbocycles. The number of aliphatic hydroxyl groups is 2. The molecule has 1 amide bonds. The summed E-state index contributed by atoms with van der Waals surface area (Å²) in [6.07, 6.45) is 53.3. The van der Waals surface area contributed by atoms with Gasteiger partial charge in [0.1, 0.15) is 6.10 Å². The van der Waals surface area contributed by atoms with Gasteiger partial charge in [0.05, 0.1) is 25.2 Å². The van der Waals surface area contributed by atoms with Crippen molar-refractivity contribution in [3.05, 3.63) is 48.6 Å². The second-order valence-corrected chi connectivity index (χ2v) is 16.5. The number of allylic oxidation sites excluding steroid dienone is 8. The van der Waals surface area contributed by atoms with Gasteiger partial charge in [-0.2, -0.15) is 0 Å². The number of aliphatic hydroxyl groups excluding tert-OH is 2. The fourth-order valence-corrected chi connectivity index (χ4v) is 7.21. The summed E-state index contributed by atoms with van der Waals surface area (Å²) < 4.78 is 5.87. The molecule has 0 aliphatic carbocycles. The number of amides is 1. The van der Waals surface area contributed by atoms with Gasteiger partial charge in [0, 0.05) is 6.42 Å². The summed E-state index contributed by atoms with van der Waals surface area (Å²) in [4.78, 5) is 26.0. The van der Waals surface area contributed by atoms with Gasteiger partial charge in [0.15, 0.2) is 0 Å². The molecule has 0 rings (SSSR count). The highest BCUT2D eigenvalue weighted by Gasteiger charge is 2.24. The highest BCUT2D eigenvalue weighted by atomic mass is 16.5. The third-order valence-electron chi connectivity index (χ3n) is 10.9. The van der Waals surface area contributed by atoms with E-state index in [0.717, 1.165) is 109 Å². The Labute approximate surface area is 353 Å². The summed E-state index contributed by atoms with van der Waals surface area (Å²) in [6.45, 7) is 6.29. The molecule has 57 heavy (non-hydrogen) atoms. The van der Waals surface area contributed by atoms with Gasteiger partial charge >= 0.3 is 5.97 Å².